The fraction of sp³-hybridized carbons (Fsp3) is 0.208. The van der Waals surface area contributed by atoms with Gasteiger partial charge in [0.15, 0.2) is 0 Å². The van der Waals surface area contributed by atoms with Crippen LogP contribution in [0.3, 0.4) is 0 Å². The maximum Gasteiger partial charge on any atom is 0.0387 e. The highest BCUT2D eigenvalue weighted by molar-refractivity contribution is 5.82. The molecule has 0 radical (unpaired) electrons. The van der Waals surface area contributed by atoms with Gasteiger partial charge in [0.2, 0.25) is 0 Å². The molecule has 2 heteroatoms. The standard InChI is InChI=1S/C53H54N2/c1-9-11-41-14-18-43(19-15-41)49-25-21-45(29-35(49)4)55-47-23-27-51(37(6)31-47)53-33-38(7)52(32-39(53)8)50-26-22-46(30-36(50)5)54-44-20-24-48(34(3)28-44)42-16-12-40(10-2)13-17-42/h12-33,54-55H,9-11H2,1-8H3. The van der Waals surface area contributed by atoms with Crippen LogP contribution in [0.4, 0.5) is 22.7 Å². The van der Waals surface area contributed by atoms with Gasteiger partial charge in [-0.25, -0.2) is 0 Å². The summed E-state index contributed by atoms with van der Waals surface area (Å²) in [6.45, 7) is 17.7. The Kier molecular flexibility index (Phi) is 11.1. The van der Waals surface area contributed by atoms with E-state index in [9.17, 15) is 0 Å². The van der Waals surface area contributed by atoms with E-state index < -0.39 is 0 Å². The van der Waals surface area contributed by atoms with Crippen molar-refractivity contribution in [3.63, 3.8) is 0 Å². The molecular weight excluding hydrogens is 665 g/mol. The van der Waals surface area contributed by atoms with Crippen LogP contribution in [0, 0.1) is 41.5 Å². The van der Waals surface area contributed by atoms with Gasteiger partial charge in [0, 0.05) is 22.7 Å². The van der Waals surface area contributed by atoms with Crippen molar-refractivity contribution in [3.05, 3.63) is 178 Å². The summed E-state index contributed by atoms with van der Waals surface area (Å²) in [5.74, 6) is 0. The molecule has 7 aromatic carbocycles. The number of nitrogens with one attached hydrogen (secondary N) is 2. The Morgan fingerprint density at radius 1 is 0.327 bits per heavy atom. The van der Waals surface area contributed by atoms with Crippen LogP contribution >= 0.6 is 0 Å². The number of aryl methyl sites for hydroxylation is 8. The molecule has 0 bridgehead atoms. The van der Waals surface area contributed by atoms with Gasteiger partial charge in [-0.1, -0.05) is 105 Å². The highest BCUT2D eigenvalue weighted by Gasteiger charge is 2.14. The van der Waals surface area contributed by atoms with Crippen molar-refractivity contribution in [2.45, 2.75) is 74.7 Å². The average Bonchev–Trinajstić information content (AvgIpc) is 3.17. The van der Waals surface area contributed by atoms with Crippen molar-refractivity contribution in [2.24, 2.45) is 0 Å². The van der Waals surface area contributed by atoms with Crippen LogP contribution < -0.4 is 10.6 Å². The third-order valence-corrected chi connectivity index (χ3v) is 11.1. The molecule has 7 rings (SSSR count). The van der Waals surface area contributed by atoms with Crippen molar-refractivity contribution in [3.8, 4) is 44.5 Å². The van der Waals surface area contributed by atoms with Gasteiger partial charge < -0.3 is 10.6 Å². The molecule has 2 N–H and O–H groups in total. The number of anilines is 4. The van der Waals surface area contributed by atoms with Crippen LogP contribution in [0.5, 0.6) is 0 Å². The maximum atomic E-state index is 3.66. The van der Waals surface area contributed by atoms with Crippen LogP contribution in [0.1, 0.15) is 64.8 Å². The Morgan fingerprint density at radius 2 is 0.655 bits per heavy atom. The van der Waals surface area contributed by atoms with E-state index in [-0.39, 0.29) is 0 Å². The van der Waals surface area contributed by atoms with Gasteiger partial charge in [-0.3, -0.25) is 0 Å². The molecule has 0 atom stereocenters. The largest absolute Gasteiger partial charge is 0.356 e. The topological polar surface area (TPSA) is 24.1 Å². The van der Waals surface area contributed by atoms with Gasteiger partial charge >= 0.3 is 0 Å². The Labute approximate surface area is 329 Å². The lowest BCUT2D eigenvalue weighted by molar-refractivity contribution is 0.922. The van der Waals surface area contributed by atoms with Crippen LogP contribution in [-0.4, -0.2) is 0 Å². The predicted octanol–water partition coefficient (Wildman–Crippen LogP) is 15.2. The molecule has 0 spiro atoms. The van der Waals surface area contributed by atoms with Gasteiger partial charge in [-0.15, -0.1) is 0 Å². The lowest BCUT2D eigenvalue weighted by Crippen LogP contribution is -1.97. The quantitative estimate of drug-likeness (QED) is 0.139. The van der Waals surface area contributed by atoms with Crippen LogP contribution in [0.25, 0.3) is 44.5 Å². The van der Waals surface area contributed by atoms with E-state index in [4.69, 9.17) is 0 Å². The Bertz CT molecular complexity index is 2470. The summed E-state index contributed by atoms with van der Waals surface area (Å²) < 4.78 is 0. The first-order chi connectivity index (χ1) is 26.6. The monoisotopic (exact) mass is 718 g/mol. The molecule has 0 aliphatic heterocycles. The number of hydrogen-bond acceptors (Lipinski definition) is 2. The molecule has 0 heterocycles. The smallest absolute Gasteiger partial charge is 0.0387 e. The van der Waals surface area contributed by atoms with Crippen molar-refractivity contribution in [1.29, 1.82) is 0 Å². The van der Waals surface area contributed by atoms with Gasteiger partial charge in [0.1, 0.15) is 0 Å². The lowest BCUT2D eigenvalue weighted by Gasteiger charge is -2.18. The second-order valence-corrected chi connectivity index (χ2v) is 15.3. The van der Waals surface area contributed by atoms with Crippen molar-refractivity contribution in [2.75, 3.05) is 10.6 Å². The minimum atomic E-state index is 1.06. The minimum absolute atomic E-state index is 1.06. The average molecular weight is 719 g/mol. The molecule has 276 valence electrons. The Hall–Kier alpha value is -5.86. The SMILES string of the molecule is CCCc1ccc(-c2ccc(Nc3ccc(-c4cc(C)c(-c5ccc(Nc6ccc(-c7ccc(CC)cc7)c(C)c6)cc5C)cc4C)c(C)c3)cc2C)cc1. The number of benzene rings is 7. The first-order valence-corrected chi connectivity index (χ1v) is 19.9. The zero-order chi connectivity index (χ0) is 38.6. The molecule has 0 aliphatic carbocycles. The summed E-state index contributed by atoms with van der Waals surface area (Å²) in [4.78, 5) is 0. The zero-order valence-corrected chi connectivity index (χ0v) is 33.8. The fourth-order valence-electron chi connectivity index (χ4n) is 8.01. The van der Waals surface area contributed by atoms with Crippen molar-refractivity contribution >= 4 is 22.7 Å². The molecular formula is C53H54N2. The van der Waals surface area contributed by atoms with Gasteiger partial charge in [-0.2, -0.15) is 0 Å². The van der Waals surface area contributed by atoms with E-state index in [0.29, 0.717) is 0 Å². The summed E-state index contributed by atoms with van der Waals surface area (Å²) >= 11 is 0. The molecule has 0 unspecified atom stereocenters. The Morgan fingerprint density at radius 3 is 0.982 bits per heavy atom. The summed E-state index contributed by atoms with van der Waals surface area (Å²) in [7, 11) is 0. The maximum absolute atomic E-state index is 3.66. The molecule has 0 aromatic heterocycles. The van der Waals surface area contributed by atoms with E-state index in [2.05, 4.69) is 199 Å². The molecule has 0 amide bonds. The summed E-state index contributed by atoms with van der Waals surface area (Å²) in [5, 5.41) is 7.32. The van der Waals surface area contributed by atoms with Crippen molar-refractivity contribution in [1.82, 2.24) is 0 Å². The van der Waals surface area contributed by atoms with Crippen LogP contribution in [0.15, 0.2) is 133 Å². The van der Waals surface area contributed by atoms with E-state index in [1.165, 1.54) is 95.4 Å². The van der Waals surface area contributed by atoms with Crippen molar-refractivity contribution < 1.29 is 0 Å². The van der Waals surface area contributed by atoms with Gasteiger partial charge in [0.25, 0.3) is 0 Å². The van der Waals surface area contributed by atoms with E-state index in [1.807, 2.05) is 0 Å². The minimum Gasteiger partial charge on any atom is -0.356 e. The summed E-state index contributed by atoms with van der Waals surface area (Å²) in [5.41, 5.74) is 25.0. The first kappa shape index (κ1) is 37.5. The molecule has 2 nitrogen and oxygen atoms in total. The normalized spacial score (nSPS) is 11.1. The predicted molar refractivity (Wildman–Crippen MR) is 239 cm³/mol. The summed E-state index contributed by atoms with van der Waals surface area (Å²) in [6, 6.07) is 49.5. The molecule has 7 aromatic rings. The highest BCUT2D eigenvalue weighted by Crippen LogP contribution is 2.37. The molecule has 0 aliphatic rings. The molecule has 0 saturated carbocycles. The fourth-order valence-corrected chi connectivity index (χ4v) is 8.01. The third kappa shape index (κ3) is 8.30. The van der Waals surface area contributed by atoms with Crippen LogP contribution in [0.2, 0.25) is 0 Å². The molecule has 0 saturated heterocycles. The zero-order valence-electron chi connectivity index (χ0n) is 33.8. The molecule has 55 heavy (non-hydrogen) atoms. The van der Waals surface area contributed by atoms with Crippen LogP contribution in [-0.2, 0) is 12.8 Å². The highest BCUT2D eigenvalue weighted by atomic mass is 14.9. The van der Waals surface area contributed by atoms with Gasteiger partial charge in [0.05, 0.1) is 0 Å². The second kappa shape index (κ2) is 16.2. The number of rotatable bonds is 11. The van der Waals surface area contributed by atoms with E-state index in [0.717, 1.165) is 35.6 Å². The molecule has 0 fully saturated rings. The third-order valence-electron chi connectivity index (χ3n) is 11.1. The second-order valence-electron chi connectivity index (χ2n) is 15.3. The number of hydrogen-bond donors (Lipinski definition) is 2. The first-order valence-electron chi connectivity index (χ1n) is 19.9. The summed E-state index contributed by atoms with van der Waals surface area (Å²) in [6.07, 6.45) is 3.36. The Balaban J connectivity index is 1.05. The van der Waals surface area contributed by atoms with Gasteiger partial charge in [-0.05, 0) is 192 Å². The lowest BCUT2D eigenvalue weighted by atomic mass is 9.89. The van der Waals surface area contributed by atoms with E-state index >= 15 is 0 Å². The van der Waals surface area contributed by atoms with E-state index in [1.54, 1.807) is 0 Å².